The molecule has 7 nitrogen and oxygen atoms in total. The Bertz CT molecular complexity index is 1110. The van der Waals surface area contributed by atoms with Crippen LogP contribution in [0.5, 0.6) is 5.88 Å². The number of anilines is 1. The van der Waals surface area contributed by atoms with Crippen LogP contribution in [0, 0.1) is 0 Å². The summed E-state index contributed by atoms with van der Waals surface area (Å²) in [5.74, 6) is -0.0304. The number of carbonyl (C=O) groups is 1. The summed E-state index contributed by atoms with van der Waals surface area (Å²) in [6.45, 7) is 2.17. The first kappa shape index (κ1) is 22.6. The monoisotopic (exact) mass is 459 g/mol. The Morgan fingerprint density at radius 3 is 2.52 bits per heavy atom. The predicted molar refractivity (Wildman–Crippen MR) is 116 cm³/mol. The summed E-state index contributed by atoms with van der Waals surface area (Å²) in [7, 11) is 1.50. The molecule has 10 heteroatoms. The Hall–Kier alpha value is -3.56. The van der Waals surface area contributed by atoms with Crippen molar-refractivity contribution in [3.63, 3.8) is 0 Å². The zero-order valence-electron chi connectivity index (χ0n) is 18.2. The molecule has 3 aromatic rings. The molecule has 0 saturated heterocycles. The number of aromatic nitrogens is 3. The van der Waals surface area contributed by atoms with Gasteiger partial charge in [-0.2, -0.15) is 18.3 Å². The quantitative estimate of drug-likeness (QED) is 0.570. The summed E-state index contributed by atoms with van der Waals surface area (Å²) in [5, 5.41) is 9.73. The van der Waals surface area contributed by atoms with Crippen molar-refractivity contribution in [1.29, 1.82) is 0 Å². The van der Waals surface area contributed by atoms with E-state index in [1.165, 1.54) is 13.3 Å². The molecule has 4 rings (SSSR count). The third-order valence-corrected chi connectivity index (χ3v) is 5.73. The molecule has 2 atom stereocenters. The molecule has 1 aliphatic heterocycles. The number of aryl methyl sites for hydroxylation is 1. The van der Waals surface area contributed by atoms with Crippen LogP contribution < -0.4 is 15.4 Å². The van der Waals surface area contributed by atoms with E-state index in [2.05, 4.69) is 20.7 Å². The highest BCUT2D eigenvalue weighted by atomic mass is 19.4. The zero-order valence-corrected chi connectivity index (χ0v) is 18.2. The molecule has 0 saturated carbocycles. The lowest BCUT2D eigenvalue weighted by Crippen LogP contribution is -2.36. The van der Waals surface area contributed by atoms with Gasteiger partial charge in [-0.3, -0.25) is 4.79 Å². The van der Waals surface area contributed by atoms with Crippen LogP contribution in [0.2, 0.25) is 0 Å². The smallest absolute Gasteiger partial charge is 0.410 e. The fraction of sp³-hybridized carbons (Fsp3) is 0.348. The van der Waals surface area contributed by atoms with E-state index < -0.39 is 24.2 Å². The molecule has 0 bridgehead atoms. The van der Waals surface area contributed by atoms with Crippen molar-refractivity contribution in [3.05, 3.63) is 71.0 Å². The van der Waals surface area contributed by atoms with Gasteiger partial charge in [0.1, 0.15) is 11.4 Å². The number of ether oxygens (including phenoxy) is 1. The molecule has 1 amide bonds. The average Bonchev–Trinajstić information content (AvgIpc) is 3.25. The fourth-order valence-electron chi connectivity index (χ4n) is 3.85. The van der Waals surface area contributed by atoms with E-state index in [0.29, 0.717) is 5.88 Å². The minimum Gasteiger partial charge on any atom is -0.481 e. The molecule has 0 aliphatic carbocycles. The van der Waals surface area contributed by atoms with Gasteiger partial charge < -0.3 is 15.4 Å². The van der Waals surface area contributed by atoms with Crippen LogP contribution in [-0.2, 0) is 13.0 Å². The number of rotatable bonds is 6. The lowest BCUT2D eigenvalue weighted by Gasteiger charge is -2.34. The number of pyridine rings is 1. The van der Waals surface area contributed by atoms with E-state index in [9.17, 15) is 18.0 Å². The number of nitrogens with one attached hydrogen (secondary N) is 2. The summed E-state index contributed by atoms with van der Waals surface area (Å²) in [4.78, 5) is 16.9. The Kier molecular flexibility index (Phi) is 6.26. The van der Waals surface area contributed by atoms with Gasteiger partial charge in [0.25, 0.3) is 5.91 Å². The lowest BCUT2D eigenvalue weighted by atomic mass is 9.95. The number of nitrogens with zero attached hydrogens (tertiary/aromatic N) is 3. The third kappa shape index (κ3) is 4.79. The van der Waals surface area contributed by atoms with Crippen molar-refractivity contribution in [2.24, 2.45) is 0 Å². The van der Waals surface area contributed by atoms with E-state index in [1.54, 1.807) is 18.3 Å². The molecule has 2 aromatic heterocycles. The summed E-state index contributed by atoms with van der Waals surface area (Å²) in [5.41, 5.74) is 2.60. The predicted octanol–water partition coefficient (Wildman–Crippen LogP) is 4.44. The summed E-state index contributed by atoms with van der Waals surface area (Å²) < 4.78 is 47.5. The van der Waals surface area contributed by atoms with E-state index >= 15 is 0 Å². The van der Waals surface area contributed by atoms with Gasteiger partial charge in [0.2, 0.25) is 5.88 Å². The van der Waals surface area contributed by atoms with Crippen LogP contribution in [-0.4, -0.2) is 34.0 Å². The van der Waals surface area contributed by atoms with E-state index in [0.717, 1.165) is 27.8 Å². The molecule has 174 valence electrons. The first-order chi connectivity index (χ1) is 15.8. The van der Waals surface area contributed by atoms with Crippen molar-refractivity contribution in [3.8, 4) is 5.88 Å². The standard InChI is InChI=1S/C23H24F3N5O2/c1-3-14-4-7-16(8-5-14)18-10-19(23(24,25)26)31-21(30-18)17(13-29-31)22(32)28-12-15-6-9-20(33-2)27-11-15/h4-9,11,13,18-19,30H,3,10,12H2,1-2H3,(H,28,32)/t18-,19+/m0/s1. The molecule has 0 unspecified atom stereocenters. The largest absolute Gasteiger partial charge is 0.481 e. The van der Waals surface area contributed by atoms with Crippen LogP contribution in [0.1, 0.15) is 52.5 Å². The molecular weight excluding hydrogens is 435 g/mol. The molecule has 1 aliphatic rings. The second-order valence-corrected chi connectivity index (χ2v) is 7.83. The van der Waals surface area contributed by atoms with Gasteiger partial charge in [0.15, 0.2) is 6.04 Å². The van der Waals surface area contributed by atoms with Gasteiger partial charge >= 0.3 is 6.18 Å². The molecule has 2 N–H and O–H groups in total. The minimum atomic E-state index is -4.51. The van der Waals surface area contributed by atoms with Crippen molar-refractivity contribution >= 4 is 11.7 Å². The number of amides is 1. The van der Waals surface area contributed by atoms with Crippen LogP contribution in [0.4, 0.5) is 19.0 Å². The maximum absolute atomic E-state index is 13.9. The van der Waals surface area contributed by atoms with Crippen molar-refractivity contribution in [2.75, 3.05) is 12.4 Å². The third-order valence-electron chi connectivity index (χ3n) is 5.73. The Labute approximate surface area is 189 Å². The molecule has 3 heterocycles. The number of methoxy groups -OCH3 is 1. The maximum atomic E-state index is 13.9. The Morgan fingerprint density at radius 2 is 1.91 bits per heavy atom. The summed E-state index contributed by atoms with van der Waals surface area (Å²) >= 11 is 0. The normalized spacial score (nSPS) is 17.7. The van der Waals surface area contributed by atoms with Crippen LogP contribution in [0.15, 0.2) is 48.8 Å². The number of halogens is 3. The van der Waals surface area contributed by atoms with Gasteiger partial charge in [-0.15, -0.1) is 0 Å². The molecule has 0 radical (unpaired) electrons. The summed E-state index contributed by atoms with van der Waals surface area (Å²) in [6, 6.07) is 8.42. The van der Waals surface area contributed by atoms with Crippen LogP contribution in [0.3, 0.4) is 0 Å². The molecule has 0 spiro atoms. The van der Waals surface area contributed by atoms with Gasteiger partial charge in [0.05, 0.1) is 19.3 Å². The maximum Gasteiger partial charge on any atom is 0.410 e. The first-order valence-corrected chi connectivity index (χ1v) is 10.6. The molecule has 1 aromatic carbocycles. The SMILES string of the molecule is CCc1ccc([C@@H]2C[C@H](C(F)(F)F)n3ncc(C(=O)NCc4ccc(OC)nc4)c3N2)cc1. The van der Waals surface area contributed by atoms with E-state index in [-0.39, 0.29) is 24.3 Å². The van der Waals surface area contributed by atoms with E-state index in [4.69, 9.17) is 4.74 Å². The zero-order chi connectivity index (χ0) is 23.6. The highest BCUT2D eigenvalue weighted by Crippen LogP contribution is 2.44. The second-order valence-electron chi connectivity index (χ2n) is 7.83. The van der Waals surface area contributed by atoms with Crippen molar-refractivity contribution < 1.29 is 22.7 Å². The van der Waals surface area contributed by atoms with Crippen LogP contribution in [0.25, 0.3) is 0 Å². The average molecular weight is 459 g/mol. The molecule has 0 fully saturated rings. The highest BCUT2D eigenvalue weighted by molar-refractivity contribution is 5.98. The van der Waals surface area contributed by atoms with E-state index in [1.807, 2.05) is 31.2 Å². The number of alkyl halides is 3. The van der Waals surface area contributed by atoms with Crippen molar-refractivity contribution in [1.82, 2.24) is 20.1 Å². The second kappa shape index (κ2) is 9.13. The van der Waals surface area contributed by atoms with Gasteiger partial charge in [-0.25, -0.2) is 9.67 Å². The molecular formula is C23H24F3N5O2. The van der Waals surface area contributed by atoms with Crippen molar-refractivity contribution in [2.45, 2.75) is 44.6 Å². The minimum absolute atomic E-state index is 0.0542. The highest BCUT2D eigenvalue weighted by Gasteiger charge is 2.47. The number of hydrogen-bond donors (Lipinski definition) is 2. The Balaban J connectivity index is 1.57. The summed E-state index contributed by atoms with van der Waals surface area (Å²) in [6.07, 6.45) is -1.16. The number of fused-ring (bicyclic) bond motifs is 1. The lowest BCUT2D eigenvalue weighted by molar-refractivity contribution is -0.173. The van der Waals surface area contributed by atoms with Crippen LogP contribution >= 0.6 is 0 Å². The van der Waals surface area contributed by atoms with Gasteiger partial charge in [-0.05, 0) is 23.1 Å². The number of hydrogen-bond acceptors (Lipinski definition) is 5. The Morgan fingerprint density at radius 1 is 1.18 bits per heavy atom. The molecule has 33 heavy (non-hydrogen) atoms. The van der Waals surface area contributed by atoms with Gasteiger partial charge in [-0.1, -0.05) is 37.3 Å². The first-order valence-electron chi connectivity index (χ1n) is 10.6. The number of carbonyl (C=O) groups excluding carboxylic acids is 1. The fourth-order valence-corrected chi connectivity index (χ4v) is 3.85. The topological polar surface area (TPSA) is 81.1 Å². The number of benzene rings is 1. The van der Waals surface area contributed by atoms with Gasteiger partial charge in [0, 0.05) is 25.2 Å².